The molecule has 0 saturated carbocycles. The molecule has 5 heteroatoms. The number of benzene rings is 1. The molecule has 98 valence electrons. The van der Waals surface area contributed by atoms with Gasteiger partial charge < -0.3 is 10.3 Å². The average Bonchev–Trinajstić information content (AvgIpc) is 2.71. The number of aromatic nitrogens is 1. The number of aromatic amines is 1. The second-order valence-corrected chi connectivity index (χ2v) is 4.28. The van der Waals surface area contributed by atoms with Gasteiger partial charge in [-0.15, -0.1) is 0 Å². The van der Waals surface area contributed by atoms with Crippen LogP contribution >= 0.6 is 0 Å². The second-order valence-electron chi connectivity index (χ2n) is 4.28. The minimum Gasteiger partial charge on any atom is -0.361 e. The Morgan fingerprint density at radius 3 is 2.72 bits per heavy atom. The highest BCUT2D eigenvalue weighted by molar-refractivity contribution is 5.84. The number of alkyl halides is 3. The molecule has 0 bridgehead atoms. The van der Waals surface area contributed by atoms with E-state index in [0.717, 1.165) is 36.5 Å². The van der Waals surface area contributed by atoms with E-state index in [1.807, 2.05) is 7.05 Å². The maximum Gasteiger partial charge on any atom is 0.416 e. The van der Waals surface area contributed by atoms with Crippen LogP contribution in [0.4, 0.5) is 13.2 Å². The minimum atomic E-state index is -4.28. The van der Waals surface area contributed by atoms with Gasteiger partial charge in [0.15, 0.2) is 0 Å². The van der Waals surface area contributed by atoms with Gasteiger partial charge in [0.05, 0.1) is 5.56 Å². The fourth-order valence-electron chi connectivity index (χ4n) is 2.02. The number of aryl methyl sites for hydroxylation is 1. The van der Waals surface area contributed by atoms with Gasteiger partial charge in [-0.2, -0.15) is 13.2 Å². The summed E-state index contributed by atoms with van der Waals surface area (Å²) in [6.07, 6.45) is -0.823. The van der Waals surface area contributed by atoms with Gasteiger partial charge in [0.1, 0.15) is 0 Å². The number of rotatable bonds is 4. The maximum absolute atomic E-state index is 12.6. The SMILES string of the molecule is CNCCCc1c[nH]c2ccc(C(F)(F)F)cc12. The third-order valence-electron chi connectivity index (χ3n) is 2.97. The second kappa shape index (κ2) is 5.02. The van der Waals surface area contributed by atoms with Crippen LogP contribution in [0.15, 0.2) is 24.4 Å². The van der Waals surface area contributed by atoms with Crippen LogP contribution in [0.3, 0.4) is 0 Å². The summed E-state index contributed by atoms with van der Waals surface area (Å²) < 4.78 is 37.9. The van der Waals surface area contributed by atoms with Gasteiger partial charge in [-0.25, -0.2) is 0 Å². The van der Waals surface area contributed by atoms with Crippen molar-refractivity contribution in [3.63, 3.8) is 0 Å². The van der Waals surface area contributed by atoms with E-state index < -0.39 is 11.7 Å². The van der Waals surface area contributed by atoms with E-state index in [4.69, 9.17) is 0 Å². The molecule has 1 aromatic carbocycles. The van der Waals surface area contributed by atoms with Crippen LogP contribution in [-0.2, 0) is 12.6 Å². The van der Waals surface area contributed by atoms with E-state index in [-0.39, 0.29) is 0 Å². The molecule has 2 rings (SSSR count). The summed E-state index contributed by atoms with van der Waals surface area (Å²) in [4.78, 5) is 3.01. The van der Waals surface area contributed by atoms with Crippen molar-refractivity contribution in [1.29, 1.82) is 0 Å². The van der Waals surface area contributed by atoms with Crippen LogP contribution in [0.1, 0.15) is 17.5 Å². The Balaban J connectivity index is 2.31. The number of hydrogen-bond acceptors (Lipinski definition) is 1. The maximum atomic E-state index is 12.6. The Morgan fingerprint density at radius 2 is 2.06 bits per heavy atom. The fraction of sp³-hybridized carbons (Fsp3) is 0.385. The molecule has 1 heterocycles. The van der Waals surface area contributed by atoms with Crippen molar-refractivity contribution in [2.24, 2.45) is 0 Å². The zero-order valence-corrected chi connectivity index (χ0v) is 10.1. The average molecular weight is 256 g/mol. The van der Waals surface area contributed by atoms with Gasteiger partial charge >= 0.3 is 6.18 Å². The molecule has 0 aliphatic carbocycles. The minimum absolute atomic E-state index is 0.593. The Bertz CT molecular complexity index is 529. The van der Waals surface area contributed by atoms with Crippen LogP contribution < -0.4 is 5.32 Å². The summed E-state index contributed by atoms with van der Waals surface area (Å²) in [6.45, 7) is 0.853. The quantitative estimate of drug-likeness (QED) is 0.807. The molecule has 0 aliphatic rings. The van der Waals surface area contributed by atoms with E-state index in [0.29, 0.717) is 5.39 Å². The molecule has 0 atom stereocenters. The zero-order chi connectivity index (χ0) is 13.2. The molecule has 2 N–H and O–H groups in total. The number of H-pyrrole nitrogens is 1. The molecule has 2 aromatic rings. The Kier molecular flexibility index (Phi) is 3.61. The molecule has 0 spiro atoms. The highest BCUT2D eigenvalue weighted by Crippen LogP contribution is 2.32. The summed E-state index contributed by atoms with van der Waals surface area (Å²) in [5, 5.41) is 3.69. The smallest absolute Gasteiger partial charge is 0.361 e. The lowest BCUT2D eigenvalue weighted by Crippen LogP contribution is -2.08. The topological polar surface area (TPSA) is 27.8 Å². The Labute approximate surface area is 103 Å². The molecule has 0 unspecified atom stereocenters. The summed E-state index contributed by atoms with van der Waals surface area (Å²) in [6, 6.07) is 3.82. The van der Waals surface area contributed by atoms with Crippen LogP contribution in [-0.4, -0.2) is 18.6 Å². The number of nitrogens with one attached hydrogen (secondary N) is 2. The van der Waals surface area contributed by atoms with Crippen molar-refractivity contribution in [2.45, 2.75) is 19.0 Å². The van der Waals surface area contributed by atoms with Crippen molar-refractivity contribution in [3.05, 3.63) is 35.5 Å². The predicted molar refractivity (Wildman–Crippen MR) is 65.5 cm³/mol. The van der Waals surface area contributed by atoms with Gasteiger partial charge in [-0.3, -0.25) is 0 Å². The molecule has 0 radical (unpaired) electrons. The lowest BCUT2D eigenvalue weighted by molar-refractivity contribution is -0.137. The third kappa shape index (κ3) is 2.67. The fourth-order valence-corrected chi connectivity index (χ4v) is 2.02. The van der Waals surface area contributed by atoms with Crippen molar-refractivity contribution in [3.8, 4) is 0 Å². The van der Waals surface area contributed by atoms with Crippen molar-refractivity contribution < 1.29 is 13.2 Å². The zero-order valence-electron chi connectivity index (χ0n) is 10.1. The van der Waals surface area contributed by atoms with Gasteiger partial charge in [-0.1, -0.05) is 0 Å². The number of hydrogen-bond donors (Lipinski definition) is 2. The highest BCUT2D eigenvalue weighted by Gasteiger charge is 2.30. The molecule has 1 aromatic heterocycles. The normalized spacial score (nSPS) is 12.2. The van der Waals surface area contributed by atoms with Crippen LogP contribution in [0, 0.1) is 0 Å². The van der Waals surface area contributed by atoms with Gasteiger partial charge in [0.25, 0.3) is 0 Å². The molecule has 0 saturated heterocycles. The monoisotopic (exact) mass is 256 g/mol. The van der Waals surface area contributed by atoms with E-state index in [1.54, 1.807) is 6.20 Å². The first-order chi connectivity index (χ1) is 8.52. The van der Waals surface area contributed by atoms with Gasteiger partial charge in [-0.05, 0) is 50.2 Å². The molecular weight excluding hydrogens is 241 g/mol. The van der Waals surface area contributed by atoms with E-state index in [1.165, 1.54) is 12.1 Å². The van der Waals surface area contributed by atoms with E-state index >= 15 is 0 Å². The van der Waals surface area contributed by atoms with Crippen LogP contribution in [0.25, 0.3) is 10.9 Å². The Hall–Kier alpha value is -1.49. The van der Waals surface area contributed by atoms with Crippen molar-refractivity contribution in [1.82, 2.24) is 10.3 Å². The number of fused-ring (bicyclic) bond motifs is 1. The highest BCUT2D eigenvalue weighted by atomic mass is 19.4. The lowest BCUT2D eigenvalue weighted by atomic mass is 10.1. The van der Waals surface area contributed by atoms with Gasteiger partial charge in [0, 0.05) is 17.1 Å². The standard InChI is InChI=1S/C13H15F3N2/c1-17-6-2-3-9-8-18-12-5-4-10(7-11(9)12)13(14,15)16/h4-5,7-8,17-18H,2-3,6H2,1H3. The molecule has 0 fully saturated rings. The van der Waals surface area contributed by atoms with Crippen LogP contribution in [0.2, 0.25) is 0 Å². The van der Waals surface area contributed by atoms with Crippen LogP contribution in [0.5, 0.6) is 0 Å². The summed E-state index contributed by atoms with van der Waals surface area (Å²) in [5.41, 5.74) is 1.10. The first-order valence-electron chi connectivity index (χ1n) is 5.84. The van der Waals surface area contributed by atoms with E-state index in [2.05, 4.69) is 10.3 Å². The van der Waals surface area contributed by atoms with E-state index in [9.17, 15) is 13.2 Å². The molecule has 0 aliphatic heterocycles. The van der Waals surface area contributed by atoms with Crippen molar-refractivity contribution >= 4 is 10.9 Å². The van der Waals surface area contributed by atoms with Crippen molar-refractivity contribution in [2.75, 3.05) is 13.6 Å². The summed E-state index contributed by atoms with van der Waals surface area (Å²) in [7, 11) is 1.86. The third-order valence-corrected chi connectivity index (χ3v) is 2.97. The first kappa shape index (κ1) is 13.0. The number of halogens is 3. The van der Waals surface area contributed by atoms with Gasteiger partial charge in [0.2, 0.25) is 0 Å². The lowest BCUT2D eigenvalue weighted by Gasteiger charge is -2.07. The summed E-state index contributed by atoms with van der Waals surface area (Å²) in [5.74, 6) is 0. The predicted octanol–water partition coefficient (Wildman–Crippen LogP) is 3.34. The molecule has 18 heavy (non-hydrogen) atoms. The largest absolute Gasteiger partial charge is 0.416 e. The Morgan fingerprint density at radius 1 is 1.28 bits per heavy atom. The molecule has 2 nitrogen and oxygen atoms in total. The molecular formula is C13H15F3N2. The first-order valence-corrected chi connectivity index (χ1v) is 5.84. The summed E-state index contributed by atoms with van der Waals surface area (Å²) >= 11 is 0. The molecule has 0 amide bonds.